The first-order valence-electron chi connectivity index (χ1n) is 18.1. The number of aromatic amines is 2. The molecule has 51 heavy (non-hydrogen) atoms. The molecule has 0 saturated carbocycles. The average Bonchev–Trinajstić information content (AvgIpc) is 3.98. The fraction of sp³-hybridized carbons (Fsp3) is 0.244. The number of H-pyrrole nitrogens is 2. The van der Waals surface area contributed by atoms with E-state index in [4.69, 9.17) is 23.2 Å². The minimum atomic E-state index is 0.0746. The van der Waals surface area contributed by atoms with Crippen molar-refractivity contribution < 1.29 is 0 Å². The predicted molar refractivity (Wildman–Crippen MR) is 214 cm³/mol. The molecular formula is C45H44Cl2N4. The van der Waals surface area contributed by atoms with Crippen molar-refractivity contribution in [2.75, 3.05) is 26.2 Å². The molecule has 0 bridgehead atoms. The predicted octanol–water partition coefficient (Wildman–Crippen LogP) is 10.5. The molecule has 6 heteroatoms. The van der Waals surface area contributed by atoms with E-state index in [2.05, 4.69) is 148 Å². The zero-order chi connectivity index (χ0) is 34.7. The molecule has 7 aromatic rings. The number of aromatic nitrogens is 2. The van der Waals surface area contributed by atoms with E-state index in [1.165, 1.54) is 38.6 Å². The molecule has 0 spiro atoms. The molecule has 2 unspecified atom stereocenters. The molecule has 5 aromatic carbocycles. The molecule has 2 atom stereocenters. The Hall–Kier alpha value is -4.32. The number of fused-ring (bicyclic) bond motifs is 2. The van der Waals surface area contributed by atoms with Crippen LogP contribution in [0.2, 0.25) is 10.0 Å². The Kier molecular flexibility index (Phi) is 9.76. The number of rotatable bonds is 8. The summed E-state index contributed by atoms with van der Waals surface area (Å²) in [5.41, 5.74) is 9.13. The van der Waals surface area contributed by atoms with Crippen molar-refractivity contribution in [3.05, 3.63) is 178 Å². The Bertz CT molecular complexity index is 2200. The molecule has 0 radical (unpaired) electrons. The standard InChI is InChI=1S/C26H25ClN2.C19H19ClN2/c27-24-16-23(15-22-11-13-28-25(22)24)26(17-20-7-3-1-4-8-20)12-14-29(19-26)18-21-9-5-2-6-10-21;20-17-11-16(10-15-6-8-22-18(15)17)19(7-9-21-13-19)12-14-4-2-1-3-5-14/h1-11,13,15-16,28H,12,14,17-19H2;1-6,8,10-11,21-22H,7,9,12-13H2. The topological polar surface area (TPSA) is 46.9 Å². The zero-order valence-electron chi connectivity index (χ0n) is 28.8. The van der Waals surface area contributed by atoms with Gasteiger partial charge in [-0.3, -0.25) is 4.90 Å². The van der Waals surface area contributed by atoms with Crippen molar-refractivity contribution >= 4 is 45.0 Å². The van der Waals surface area contributed by atoms with Gasteiger partial charge in [-0.25, -0.2) is 0 Å². The molecule has 2 aliphatic heterocycles. The largest absolute Gasteiger partial charge is 0.360 e. The van der Waals surface area contributed by atoms with E-state index >= 15 is 0 Å². The average molecular weight is 712 g/mol. The van der Waals surface area contributed by atoms with Crippen molar-refractivity contribution in [3.8, 4) is 0 Å². The van der Waals surface area contributed by atoms with Crippen LogP contribution in [0.25, 0.3) is 21.8 Å². The van der Waals surface area contributed by atoms with Gasteiger partial charge in [-0.15, -0.1) is 0 Å². The number of likely N-dealkylation sites (tertiary alicyclic amines) is 1. The van der Waals surface area contributed by atoms with E-state index in [0.29, 0.717) is 0 Å². The van der Waals surface area contributed by atoms with Crippen molar-refractivity contribution in [2.24, 2.45) is 0 Å². The third-order valence-corrected chi connectivity index (χ3v) is 11.7. The molecule has 2 fully saturated rings. The number of nitrogens with one attached hydrogen (secondary N) is 3. The minimum Gasteiger partial charge on any atom is -0.360 e. The first-order chi connectivity index (χ1) is 25.0. The van der Waals surface area contributed by atoms with Crippen LogP contribution in [0.4, 0.5) is 0 Å². The van der Waals surface area contributed by atoms with Crippen LogP contribution < -0.4 is 5.32 Å². The van der Waals surface area contributed by atoms with Crippen molar-refractivity contribution in [1.82, 2.24) is 20.2 Å². The highest BCUT2D eigenvalue weighted by atomic mass is 35.5. The normalized spacial score (nSPS) is 20.5. The van der Waals surface area contributed by atoms with E-state index in [1.54, 1.807) is 0 Å². The molecule has 4 nitrogen and oxygen atoms in total. The summed E-state index contributed by atoms with van der Waals surface area (Å²) in [6.07, 6.45) is 8.30. The second kappa shape index (κ2) is 14.7. The summed E-state index contributed by atoms with van der Waals surface area (Å²) >= 11 is 13.2. The van der Waals surface area contributed by atoms with Gasteiger partial charge in [-0.1, -0.05) is 114 Å². The van der Waals surface area contributed by atoms with E-state index < -0.39 is 0 Å². The smallest absolute Gasteiger partial charge is 0.0649 e. The van der Waals surface area contributed by atoms with Crippen molar-refractivity contribution in [3.63, 3.8) is 0 Å². The quantitative estimate of drug-likeness (QED) is 0.147. The summed E-state index contributed by atoms with van der Waals surface area (Å²) < 4.78 is 0. The monoisotopic (exact) mass is 710 g/mol. The summed E-state index contributed by atoms with van der Waals surface area (Å²) in [4.78, 5) is 9.08. The Labute approximate surface area is 310 Å². The van der Waals surface area contributed by atoms with E-state index in [-0.39, 0.29) is 10.8 Å². The maximum atomic E-state index is 6.67. The fourth-order valence-corrected chi connectivity index (χ4v) is 9.06. The van der Waals surface area contributed by atoms with Crippen LogP contribution in [-0.4, -0.2) is 41.0 Å². The summed E-state index contributed by atoms with van der Waals surface area (Å²) in [6.45, 7) is 5.22. The Balaban J connectivity index is 0.000000152. The number of hydrogen-bond donors (Lipinski definition) is 3. The molecule has 3 N–H and O–H groups in total. The molecule has 258 valence electrons. The van der Waals surface area contributed by atoms with Crippen LogP contribution in [-0.2, 0) is 30.2 Å². The van der Waals surface area contributed by atoms with Gasteiger partial charge in [0.15, 0.2) is 0 Å². The number of nitrogens with zero attached hydrogens (tertiary/aromatic N) is 1. The first-order valence-corrected chi connectivity index (χ1v) is 18.8. The second-order valence-corrected chi connectivity index (χ2v) is 15.4. The van der Waals surface area contributed by atoms with Crippen LogP contribution in [0.5, 0.6) is 0 Å². The lowest BCUT2D eigenvalue weighted by Crippen LogP contribution is -2.33. The molecule has 0 aliphatic carbocycles. The summed E-state index contributed by atoms with van der Waals surface area (Å²) in [5.74, 6) is 0. The van der Waals surface area contributed by atoms with Gasteiger partial charge in [0, 0.05) is 53.6 Å². The summed E-state index contributed by atoms with van der Waals surface area (Å²) in [7, 11) is 0. The molecule has 2 aromatic heterocycles. The Morgan fingerprint density at radius 2 is 1.08 bits per heavy atom. The van der Waals surface area contributed by atoms with Crippen LogP contribution in [0, 0.1) is 0 Å². The SMILES string of the molecule is Clc1cc(C2(Cc3ccccc3)CCN(Cc3ccccc3)C2)cc2cc[nH]c12.Clc1cc(C2(Cc3ccccc3)CCNC2)cc2cc[nH]c12. The van der Waals surface area contributed by atoms with Gasteiger partial charge in [-0.05, 0) is 103 Å². The lowest BCUT2D eigenvalue weighted by Gasteiger charge is -2.31. The van der Waals surface area contributed by atoms with Gasteiger partial charge >= 0.3 is 0 Å². The van der Waals surface area contributed by atoms with Crippen LogP contribution in [0.1, 0.15) is 40.7 Å². The van der Waals surface area contributed by atoms with Crippen molar-refractivity contribution in [2.45, 2.75) is 43.1 Å². The van der Waals surface area contributed by atoms with Crippen LogP contribution in [0.15, 0.2) is 140 Å². The molecule has 0 amide bonds. The lowest BCUT2D eigenvalue weighted by molar-refractivity contribution is 0.301. The zero-order valence-corrected chi connectivity index (χ0v) is 30.4. The van der Waals surface area contributed by atoms with Gasteiger partial charge in [0.05, 0.1) is 21.1 Å². The van der Waals surface area contributed by atoms with Gasteiger partial charge < -0.3 is 15.3 Å². The first kappa shape index (κ1) is 33.8. The third-order valence-electron chi connectivity index (χ3n) is 11.1. The third kappa shape index (κ3) is 7.24. The van der Waals surface area contributed by atoms with E-state index in [0.717, 1.165) is 79.5 Å². The summed E-state index contributed by atoms with van der Waals surface area (Å²) in [6, 6.07) is 45.6. The second-order valence-electron chi connectivity index (χ2n) is 14.6. The highest BCUT2D eigenvalue weighted by Crippen LogP contribution is 2.42. The van der Waals surface area contributed by atoms with Crippen LogP contribution >= 0.6 is 23.2 Å². The fourth-order valence-electron chi connectivity index (χ4n) is 8.50. The van der Waals surface area contributed by atoms with Gasteiger partial charge in [-0.2, -0.15) is 0 Å². The van der Waals surface area contributed by atoms with Gasteiger partial charge in [0.2, 0.25) is 0 Å². The summed E-state index contributed by atoms with van der Waals surface area (Å²) in [5, 5.41) is 7.57. The molecule has 2 aliphatic rings. The lowest BCUT2D eigenvalue weighted by atomic mass is 9.74. The maximum Gasteiger partial charge on any atom is 0.0649 e. The molecule has 4 heterocycles. The number of halogens is 2. The Morgan fingerprint density at radius 3 is 1.61 bits per heavy atom. The molecule has 9 rings (SSSR count). The Morgan fingerprint density at radius 1 is 0.569 bits per heavy atom. The van der Waals surface area contributed by atoms with Crippen LogP contribution in [0.3, 0.4) is 0 Å². The van der Waals surface area contributed by atoms with Gasteiger partial charge in [0.25, 0.3) is 0 Å². The molecular weight excluding hydrogens is 667 g/mol. The highest BCUT2D eigenvalue weighted by Gasteiger charge is 2.40. The van der Waals surface area contributed by atoms with Gasteiger partial charge in [0.1, 0.15) is 0 Å². The van der Waals surface area contributed by atoms with E-state index in [9.17, 15) is 0 Å². The van der Waals surface area contributed by atoms with E-state index in [1.807, 2.05) is 12.4 Å². The molecule has 2 saturated heterocycles. The maximum absolute atomic E-state index is 6.67. The minimum absolute atomic E-state index is 0.0746. The number of benzene rings is 5. The van der Waals surface area contributed by atoms with Crippen molar-refractivity contribution in [1.29, 1.82) is 0 Å². The number of hydrogen-bond acceptors (Lipinski definition) is 2. The highest BCUT2D eigenvalue weighted by molar-refractivity contribution is 6.35.